The van der Waals surface area contributed by atoms with Gasteiger partial charge < -0.3 is 20.7 Å². The van der Waals surface area contributed by atoms with Gasteiger partial charge in [-0.2, -0.15) is 0 Å². The molecule has 6 heteroatoms. The summed E-state index contributed by atoms with van der Waals surface area (Å²) in [6.07, 6.45) is 13.6. The molecular weight excluding hydrogens is 522 g/mol. The number of para-hydroxylation sites is 1. The zero-order valence-electron chi connectivity index (χ0n) is 24.1. The standard InChI is InChI=1S/C36H39N3O3/c1-23(30-14-7-9-25-8-2-3-12-31(25)30)38-29-11-6-10-27(20-29)24-16-18-26(19-17-24)35(40)39-34(36(41)42)21-28-22-37-33-15-5-4-13-32(28)33/h2-5,7-9,12-16,18-19,22-24,27,29,34,37-38H,6,10-11,17,20-21H2,1H3,(H,39,40)(H,41,42)/t23?,24?,27-,29?,34+/m0/s1. The predicted octanol–water partition coefficient (Wildman–Crippen LogP) is 6.85. The molecule has 3 unspecified atom stereocenters. The number of nitrogens with one attached hydrogen (secondary N) is 3. The summed E-state index contributed by atoms with van der Waals surface area (Å²) in [5.41, 5.74) is 3.72. The average molecular weight is 562 g/mol. The molecule has 3 aromatic carbocycles. The highest BCUT2D eigenvalue weighted by Crippen LogP contribution is 2.36. The molecule has 6 nitrogen and oxygen atoms in total. The minimum atomic E-state index is -1.04. The minimum Gasteiger partial charge on any atom is -0.480 e. The number of hydrogen-bond acceptors (Lipinski definition) is 3. The maximum atomic E-state index is 13.1. The first-order chi connectivity index (χ1) is 20.5. The lowest BCUT2D eigenvalue weighted by atomic mass is 9.74. The Balaban J connectivity index is 1.05. The molecule has 0 aliphatic heterocycles. The van der Waals surface area contributed by atoms with Crippen LogP contribution in [0.5, 0.6) is 0 Å². The Bertz CT molecular complexity index is 1650. The SMILES string of the molecule is CC(NC1CCC[C@H](C2C=CC(C(=O)N[C@H](Cc3c[nH]c4ccccc34)C(=O)O)=CC2)C1)c1cccc2ccccc12. The van der Waals surface area contributed by atoms with E-state index >= 15 is 0 Å². The molecule has 2 aliphatic rings. The fourth-order valence-electron chi connectivity index (χ4n) is 6.96. The van der Waals surface area contributed by atoms with Gasteiger partial charge in [0.1, 0.15) is 6.04 Å². The molecule has 1 aromatic heterocycles. The van der Waals surface area contributed by atoms with Crippen LogP contribution in [0.25, 0.3) is 21.7 Å². The van der Waals surface area contributed by atoms with Crippen molar-refractivity contribution in [3.63, 3.8) is 0 Å². The van der Waals surface area contributed by atoms with Gasteiger partial charge in [-0.3, -0.25) is 4.79 Å². The van der Waals surface area contributed by atoms with Gasteiger partial charge >= 0.3 is 5.97 Å². The second-order valence-electron chi connectivity index (χ2n) is 11.9. The van der Waals surface area contributed by atoms with Crippen molar-refractivity contribution in [1.29, 1.82) is 0 Å². The first-order valence-corrected chi connectivity index (χ1v) is 15.2. The van der Waals surface area contributed by atoms with Gasteiger partial charge in [-0.1, -0.05) is 85.3 Å². The van der Waals surface area contributed by atoms with Gasteiger partial charge in [0.2, 0.25) is 0 Å². The van der Waals surface area contributed by atoms with E-state index in [0.29, 0.717) is 23.5 Å². The van der Waals surface area contributed by atoms with E-state index in [2.05, 4.69) is 71.1 Å². The van der Waals surface area contributed by atoms with Crippen LogP contribution < -0.4 is 10.6 Å². The lowest BCUT2D eigenvalue weighted by Gasteiger charge is -2.36. The minimum absolute atomic E-state index is 0.221. The maximum Gasteiger partial charge on any atom is 0.326 e. The molecule has 1 saturated carbocycles. The van der Waals surface area contributed by atoms with E-state index in [0.717, 1.165) is 29.3 Å². The van der Waals surface area contributed by atoms with Crippen molar-refractivity contribution in [3.05, 3.63) is 108 Å². The topological polar surface area (TPSA) is 94.2 Å². The zero-order valence-corrected chi connectivity index (χ0v) is 24.1. The monoisotopic (exact) mass is 561 g/mol. The number of allylic oxidation sites excluding steroid dienone is 2. The van der Waals surface area contributed by atoms with Crippen LogP contribution in [0.1, 0.15) is 56.2 Å². The summed E-state index contributed by atoms with van der Waals surface area (Å²) in [6.45, 7) is 2.27. The van der Waals surface area contributed by atoms with E-state index < -0.39 is 12.0 Å². The summed E-state index contributed by atoms with van der Waals surface area (Å²) in [6, 6.07) is 22.6. The molecule has 0 spiro atoms. The molecule has 0 bridgehead atoms. The number of hydrogen-bond donors (Lipinski definition) is 4. The van der Waals surface area contributed by atoms with Gasteiger partial charge in [-0.05, 0) is 72.4 Å². The molecule has 4 N–H and O–H groups in total. The number of H-pyrrole nitrogens is 1. The number of fused-ring (bicyclic) bond motifs is 2. The Kier molecular flexibility index (Phi) is 8.24. The summed E-state index contributed by atoms with van der Waals surface area (Å²) < 4.78 is 0. The second kappa shape index (κ2) is 12.4. The quantitative estimate of drug-likeness (QED) is 0.180. The maximum absolute atomic E-state index is 13.1. The van der Waals surface area contributed by atoms with Gasteiger partial charge in [0.05, 0.1) is 0 Å². The van der Waals surface area contributed by atoms with Gasteiger partial charge in [0.25, 0.3) is 5.91 Å². The van der Waals surface area contributed by atoms with Crippen LogP contribution in [-0.4, -0.2) is 34.1 Å². The molecule has 5 atom stereocenters. The predicted molar refractivity (Wildman–Crippen MR) is 168 cm³/mol. The van der Waals surface area contributed by atoms with E-state index in [1.165, 1.54) is 35.6 Å². The molecule has 42 heavy (non-hydrogen) atoms. The van der Waals surface area contributed by atoms with Crippen molar-refractivity contribution in [2.75, 3.05) is 0 Å². The lowest BCUT2D eigenvalue weighted by Crippen LogP contribution is -2.43. The first kappa shape index (κ1) is 28.0. The van der Waals surface area contributed by atoms with Crippen molar-refractivity contribution in [1.82, 2.24) is 15.6 Å². The van der Waals surface area contributed by atoms with Crippen LogP contribution in [0, 0.1) is 11.8 Å². The molecule has 1 fully saturated rings. The third-order valence-corrected chi connectivity index (χ3v) is 9.19. The Morgan fingerprint density at radius 3 is 2.60 bits per heavy atom. The largest absolute Gasteiger partial charge is 0.480 e. The number of rotatable bonds is 9. The van der Waals surface area contributed by atoms with Crippen molar-refractivity contribution < 1.29 is 14.7 Å². The van der Waals surface area contributed by atoms with Crippen LogP contribution in [0.2, 0.25) is 0 Å². The summed E-state index contributed by atoms with van der Waals surface area (Å²) in [5, 5.41) is 20.1. The molecular formula is C36H39N3O3. The molecule has 1 amide bonds. The number of aromatic amines is 1. The fourth-order valence-corrected chi connectivity index (χ4v) is 6.96. The molecule has 0 saturated heterocycles. The number of aromatic nitrogens is 1. The van der Waals surface area contributed by atoms with Gasteiger partial charge in [0.15, 0.2) is 0 Å². The smallest absolute Gasteiger partial charge is 0.326 e. The van der Waals surface area contributed by atoms with Crippen LogP contribution in [-0.2, 0) is 16.0 Å². The highest BCUT2D eigenvalue weighted by Gasteiger charge is 2.30. The molecule has 6 rings (SSSR count). The molecule has 1 heterocycles. The van der Waals surface area contributed by atoms with E-state index in [-0.39, 0.29) is 18.4 Å². The highest BCUT2D eigenvalue weighted by atomic mass is 16.4. The normalized spacial score (nSPS) is 22.0. The number of carbonyl (C=O) groups is 2. The van der Waals surface area contributed by atoms with Crippen LogP contribution in [0.3, 0.4) is 0 Å². The third-order valence-electron chi connectivity index (χ3n) is 9.19. The highest BCUT2D eigenvalue weighted by molar-refractivity contribution is 5.98. The van der Waals surface area contributed by atoms with E-state index in [9.17, 15) is 14.7 Å². The second-order valence-corrected chi connectivity index (χ2v) is 11.9. The van der Waals surface area contributed by atoms with Gasteiger partial charge in [-0.15, -0.1) is 0 Å². The number of benzene rings is 3. The molecule has 0 radical (unpaired) electrons. The van der Waals surface area contributed by atoms with Crippen LogP contribution >= 0.6 is 0 Å². The Labute approximate surface area is 246 Å². The van der Waals surface area contributed by atoms with E-state index in [1.54, 1.807) is 0 Å². The van der Waals surface area contributed by atoms with Crippen molar-refractivity contribution in [3.8, 4) is 0 Å². The lowest BCUT2D eigenvalue weighted by molar-refractivity contribution is -0.141. The van der Waals surface area contributed by atoms with Crippen molar-refractivity contribution in [2.24, 2.45) is 11.8 Å². The fraction of sp³-hybridized carbons (Fsp3) is 0.333. The van der Waals surface area contributed by atoms with Crippen LogP contribution in [0.4, 0.5) is 0 Å². The third kappa shape index (κ3) is 6.04. The number of aliphatic carboxylic acids is 1. The summed E-state index contributed by atoms with van der Waals surface area (Å²) >= 11 is 0. The van der Waals surface area contributed by atoms with E-state index in [4.69, 9.17) is 0 Å². The molecule has 4 aromatic rings. The van der Waals surface area contributed by atoms with E-state index in [1.807, 2.05) is 42.6 Å². The average Bonchev–Trinajstić information content (AvgIpc) is 3.43. The summed E-state index contributed by atoms with van der Waals surface area (Å²) in [5.74, 6) is -0.420. The Morgan fingerprint density at radius 2 is 1.79 bits per heavy atom. The number of carboxylic acid groups (broad SMARTS) is 1. The summed E-state index contributed by atoms with van der Waals surface area (Å²) in [4.78, 5) is 28.3. The first-order valence-electron chi connectivity index (χ1n) is 15.2. The number of carboxylic acids is 1. The van der Waals surface area contributed by atoms with Crippen LogP contribution in [0.15, 0.2) is 96.7 Å². The molecule has 216 valence electrons. The van der Waals surface area contributed by atoms with Gasteiger partial charge in [0, 0.05) is 41.2 Å². The number of carbonyl (C=O) groups excluding carboxylic acids is 1. The van der Waals surface area contributed by atoms with Gasteiger partial charge in [-0.25, -0.2) is 4.79 Å². The zero-order chi connectivity index (χ0) is 29.1. The molecule has 2 aliphatic carbocycles. The number of amides is 1. The van der Waals surface area contributed by atoms with Crippen molar-refractivity contribution in [2.45, 2.75) is 63.6 Å². The Hall–Kier alpha value is -4.16. The summed E-state index contributed by atoms with van der Waals surface area (Å²) in [7, 11) is 0. The van der Waals surface area contributed by atoms with Crippen molar-refractivity contribution >= 4 is 33.6 Å². The Morgan fingerprint density at radius 1 is 1.00 bits per heavy atom.